The van der Waals surface area contributed by atoms with Crippen LogP contribution in [0.25, 0.3) is 0 Å². The zero-order valence-electron chi connectivity index (χ0n) is 14.6. The van der Waals surface area contributed by atoms with Crippen molar-refractivity contribution in [2.45, 2.75) is 51.6 Å². The largest absolute Gasteiger partial charge is 0.338 e. The van der Waals surface area contributed by atoms with Gasteiger partial charge in [-0.15, -0.1) is 0 Å². The fourth-order valence-electron chi connectivity index (χ4n) is 4.06. The second-order valence-corrected chi connectivity index (χ2v) is 7.33. The van der Waals surface area contributed by atoms with Gasteiger partial charge in [0.25, 0.3) is 0 Å². The predicted octanol–water partition coefficient (Wildman–Crippen LogP) is 2.03. The Bertz CT molecular complexity index is 761. The number of likely N-dealkylation sites (tertiary alicyclic amines) is 1. The van der Waals surface area contributed by atoms with Crippen LogP contribution in [0.3, 0.4) is 0 Å². The van der Waals surface area contributed by atoms with Gasteiger partial charge >= 0.3 is 0 Å². The Hall–Kier alpha value is -2.11. The van der Waals surface area contributed by atoms with Crippen LogP contribution in [0.5, 0.6) is 0 Å². The Morgan fingerprint density at radius 2 is 2.21 bits per heavy atom. The Labute approximate surface area is 142 Å². The number of aryl methyl sites for hydroxylation is 3. The normalized spacial score (nSPS) is 26.1. The molecule has 24 heavy (non-hydrogen) atoms. The molecule has 2 fully saturated rings. The molecule has 1 saturated carbocycles. The molecular weight excluding hydrogens is 302 g/mol. The van der Waals surface area contributed by atoms with Crippen LogP contribution in [0.2, 0.25) is 0 Å². The summed E-state index contributed by atoms with van der Waals surface area (Å²) in [6.07, 6.45) is 7.08. The third-order valence-corrected chi connectivity index (χ3v) is 5.41. The number of amides is 1. The first-order valence-electron chi connectivity index (χ1n) is 8.83. The van der Waals surface area contributed by atoms with E-state index >= 15 is 0 Å². The molecule has 4 rings (SSSR count). The van der Waals surface area contributed by atoms with Gasteiger partial charge in [-0.25, -0.2) is 0 Å². The summed E-state index contributed by atoms with van der Waals surface area (Å²) < 4.78 is 3.87. The summed E-state index contributed by atoms with van der Waals surface area (Å²) in [4.78, 5) is 15.1. The van der Waals surface area contributed by atoms with E-state index in [0.29, 0.717) is 11.8 Å². The lowest BCUT2D eigenvalue weighted by Crippen LogP contribution is -2.39. The van der Waals surface area contributed by atoms with Crippen molar-refractivity contribution >= 4 is 5.91 Å². The fraction of sp³-hybridized carbons (Fsp3) is 0.611. The summed E-state index contributed by atoms with van der Waals surface area (Å²) in [5.41, 5.74) is 3.42. The molecule has 128 valence electrons. The SMILES string of the molecule is Cc1cc(C)n(CC2CCCN2C(=O)C2CC2c2cnn(C)c2)n1. The van der Waals surface area contributed by atoms with E-state index in [1.807, 2.05) is 31.0 Å². The third kappa shape index (κ3) is 2.74. The lowest BCUT2D eigenvalue weighted by molar-refractivity contribution is -0.133. The molecule has 0 aromatic carbocycles. The topological polar surface area (TPSA) is 56.0 Å². The zero-order chi connectivity index (χ0) is 16.8. The van der Waals surface area contributed by atoms with Crippen LogP contribution < -0.4 is 0 Å². The average Bonchev–Trinajstić information content (AvgIpc) is 2.83. The van der Waals surface area contributed by atoms with Gasteiger partial charge in [0, 0.05) is 31.4 Å². The van der Waals surface area contributed by atoms with Crippen LogP contribution in [-0.4, -0.2) is 43.0 Å². The predicted molar refractivity (Wildman–Crippen MR) is 90.5 cm³/mol. The first-order chi connectivity index (χ1) is 11.5. The maximum absolute atomic E-state index is 13.0. The molecule has 0 spiro atoms. The van der Waals surface area contributed by atoms with Gasteiger partial charge in [-0.2, -0.15) is 10.2 Å². The summed E-state index contributed by atoms with van der Waals surface area (Å²) in [5.74, 6) is 0.837. The first-order valence-corrected chi connectivity index (χ1v) is 8.83. The molecule has 1 saturated heterocycles. The van der Waals surface area contributed by atoms with Crippen LogP contribution >= 0.6 is 0 Å². The smallest absolute Gasteiger partial charge is 0.226 e. The van der Waals surface area contributed by atoms with Gasteiger partial charge in [0.1, 0.15) is 0 Å². The van der Waals surface area contributed by atoms with Crippen LogP contribution in [-0.2, 0) is 18.4 Å². The van der Waals surface area contributed by atoms with Gasteiger partial charge in [-0.1, -0.05) is 0 Å². The second kappa shape index (κ2) is 5.76. The highest BCUT2D eigenvalue weighted by Crippen LogP contribution is 2.49. The number of carbonyl (C=O) groups excluding carboxylic acids is 1. The molecule has 2 aromatic heterocycles. The summed E-state index contributed by atoms with van der Waals surface area (Å²) >= 11 is 0. The van der Waals surface area contributed by atoms with Crippen molar-refractivity contribution in [2.75, 3.05) is 6.54 Å². The number of hydrogen-bond acceptors (Lipinski definition) is 3. The minimum atomic E-state index is 0.148. The molecule has 6 nitrogen and oxygen atoms in total. The molecule has 1 aliphatic heterocycles. The van der Waals surface area contributed by atoms with E-state index in [0.717, 1.165) is 38.0 Å². The third-order valence-electron chi connectivity index (χ3n) is 5.41. The summed E-state index contributed by atoms with van der Waals surface area (Å²) in [7, 11) is 1.92. The first kappa shape index (κ1) is 15.4. The van der Waals surface area contributed by atoms with Crippen molar-refractivity contribution < 1.29 is 4.79 Å². The summed E-state index contributed by atoms with van der Waals surface area (Å²) in [5, 5.41) is 8.79. The molecule has 3 atom stereocenters. The maximum Gasteiger partial charge on any atom is 0.226 e. The van der Waals surface area contributed by atoms with E-state index in [4.69, 9.17) is 0 Å². The molecule has 0 N–H and O–H groups in total. The Morgan fingerprint density at radius 1 is 1.38 bits per heavy atom. The van der Waals surface area contributed by atoms with E-state index in [2.05, 4.69) is 32.8 Å². The van der Waals surface area contributed by atoms with Gasteiger partial charge in [-0.05, 0) is 50.7 Å². The Morgan fingerprint density at radius 3 is 2.88 bits per heavy atom. The minimum Gasteiger partial charge on any atom is -0.338 e. The van der Waals surface area contributed by atoms with Gasteiger partial charge < -0.3 is 4.90 Å². The number of rotatable bonds is 4. The zero-order valence-corrected chi connectivity index (χ0v) is 14.6. The van der Waals surface area contributed by atoms with Crippen LogP contribution in [0, 0.1) is 19.8 Å². The van der Waals surface area contributed by atoms with E-state index in [-0.39, 0.29) is 12.0 Å². The van der Waals surface area contributed by atoms with Crippen molar-refractivity contribution in [3.05, 3.63) is 35.4 Å². The quantitative estimate of drug-likeness (QED) is 0.863. The minimum absolute atomic E-state index is 0.148. The molecule has 3 unspecified atom stereocenters. The number of carbonyl (C=O) groups is 1. The van der Waals surface area contributed by atoms with Gasteiger partial charge in [0.15, 0.2) is 0 Å². The molecule has 2 aliphatic rings. The van der Waals surface area contributed by atoms with E-state index in [1.165, 1.54) is 11.3 Å². The summed E-state index contributed by atoms with van der Waals surface area (Å²) in [6, 6.07) is 2.38. The Kier molecular flexibility index (Phi) is 3.70. The number of hydrogen-bond donors (Lipinski definition) is 0. The van der Waals surface area contributed by atoms with Crippen LogP contribution in [0.4, 0.5) is 0 Å². The molecule has 6 heteroatoms. The standard InChI is InChI=1S/C18H25N5O/c1-12-7-13(2)23(20-12)11-15-5-4-6-22(15)18(24)17-8-16(17)14-9-19-21(3)10-14/h7,9-10,15-17H,4-6,8,11H2,1-3H3. The van der Waals surface area contributed by atoms with E-state index in [1.54, 1.807) is 0 Å². The fourth-order valence-corrected chi connectivity index (χ4v) is 4.06. The van der Waals surface area contributed by atoms with Crippen molar-refractivity contribution in [3.8, 4) is 0 Å². The van der Waals surface area contributed by atoms with Gasteiger partial charge in [-0.3, -0.25) is 14.2 Å². The highest BCUT2D eigenvalue weighted by molar-refractivity contribution is 5.83. The highest BCUT2D eigenvalue weighted by Gasteiger charge is 2.48. The lowest BCUT2D eigenvalue weighted by Gasteiger charge is -2.25. The Balaban J connectivity index is 1.43. The second-order valence-electron chi connectivity index (χ2n) is 7.33. The van der Waals surface area contributed by atoms with Crippen molar-refractivity contribution in [1.82, 2.24) is 24.5 Å². The average molecular weight is 327 g/mol. The van der Waals surface area contributed by atoms with Crippen molar-refractivity contribution in [1.29, 1.82) is 0 Å². The monoisotopic (exact) mass is 327 g/mol. The van der Waals surface area contributed by atoms with E-state index < -0.39 is 0 Å². The molecular formula is C18H25N5O. The molecule has 0 radical (unpaired) electrons. The lowest BCUT2D eigenvalue weighted by atomic mass is 10.1. The van der Waals surface area contributed by atoms with Crippen molar-refractivity contribution in [3.63, 3.8) is 0 Å². The van der Waals surface area contributed by atoms with Crippen LogP contribution in [0.15, 0.2) is 18.5 Å². The molecule has 0 bridgehead atoms. The molecule has 1 amide bonds. The molecule has 2 aromatic rings. The van der Waals surface area contributed by atoms with Crippen molar-refractivity contribution in [2.24, 2.45) is 13.0 Å². The molecule has 1 aliphatic carbocycles. The van der Waals surface area contributed by atoms with Crippen LogP contribution in [0.1, 0.15) is 42.1 Å². The van der Waals surface area contributed by atoms with Gasteiger partial charge in [0.05, 0.1) is 24.5 Å². The van der Waals surface area contributed by atoms with Gasteiger partial charge in [0.2, 0.25) is 5.91 Å². The highest BCUT2D eigenvalue weighted by atomic mass is 16.2. The number of aromatic nitrogens is 4. The summed E-state index contributed by atoms with van der Waals surface area (Å²) in [6.45, 7) is 5.80. The van der Waals surface area contributed by atoms with E-state index in [9.17, 15) is 4.79 Å². The number of nitrogens with zero attached hydrogens (tertiary/aromatic N) is 5. The molecule has 3 heterocycles. The maximum atomic E-state index is 13.0.